The molecule has 0 fully saturated rings. The van der Waals surface area contributed by atoms with Gasteiger partial charge in [0.25, 0.3) is 0 Å². The molecule has 0 unspecified atom stereocenters. The molecule has 124 valence electrons. The fourth-order valence-corrected chi connectivity index (χ4v) is 2.17. The van der Waals surface area contributed by atoms with Crippen LogP contribution in [0.2, 0.25) is 0 Å². The number of carbonyl (C=O) groups is 2. The smallest absolute Gasteiger partial charge is 0.248 e. The molecule has 0 aliphatic rings. The summed E-state index contributed by atoms with van der Waals surface area (Å²) >= 11 is 0. The molecule has 5 heteroatoms. The van der Waals surface area contributed by atoms with Gasteiger partial charge in [0.15, 0.2) is 0 Å². The fourth-order valence-electron chi connectivity index (χ4n) is 2.17. The third kappa shape index (κ3) is 4.98. The van der Waals surface area contributed by atoms with E-state index in [1.165, 1.54) is 13.2 Å². The number of carbonyl (C=O) groups excluding carboxylic acids is 2. The molecule has 2 aromatic carbocycles. The molecule has 0 atom stereocenters. The van der Waals surface area contributed by atoms with Crippen LogP contribution in [0.4, 0.5) is 5.69 Å². The number of ether oxygens (including phenoxy) is 1. The van der Waals surface area contributed by atoms with E-state index < -0.39 is 5.91 Å². The maximum absolute atomic E-state index is 12.1. The lowest BCUT2D eigenvalue weighted by molar-refractivity contribution is -0.116. The molecule has 0 aromatic heterocycles. The number of allylic oxidation sites excluding steroid dienone is 1. The lowest BCUT2D eigenvalue weighted by Gasteiger charge is -2.10. The Morgan fingerprint density at radius 2 is 1.92 bits per heavy atom. The SMILES string of the molecule is COc1ccc(C(N)=O)cc1NC(=O)CC/C=C/c1ccccc1. The summed E-state index contributed by atoms with van der Waals surface area (Å²) in [6.45, 7) is 0. The maximum atomic E-state index is 12.1. The summed E-state index contributed by atoms with van der Waals surface area (Å²) < 4.78 is 5.18. The average Bonchev–Trinajstić information content (AvgIpc) is 2.59. The van der Waals surface area contributed by atoms with Gasteiger partial charge in [0.1, 0.15) is 5.75 Å². The predicted molar refractivity (Wildman–Crippen MR) is 94.9 cm³/mol. The van der Waals surface area contributed by atoms with E-state index in [1.807, 2.05) is 42.5 Å². The van der Waals surface area contributed by atoms with Crippen molar-refractivity contribution < 1.29 is 14.3 Å². The van der Waals surface area contributed by atoms with Crippen molar-refractivity contribution in [1.29, 1.82) is 0 Å². The molecule has 0 saturated carbocycles. The molecular formula is C19H20N2O3. The van der Waals surface area contributed by atoms with Crippen molar-refractivity contribution in [3.8, 4) is 5.75 Å². The van der Waals surface area contributed by atoms with Crippen molar-refractivity contribution in [3.63, 3.8) is 0 Å². The summed E-state index contributed by atoms with van der Waals surface area (Å²) in [6, 6.07) is 14.5. The number of anilines is 1. The van der Waals surface area contributed by atoms with E-state index in [4.69, 9.17) is 10.5 Å². The van der Waals surface area contributed by atoms with Gasteiger partial charge < -0.3 is 15.8 Å². The first-order chi connectivity index (χ1) is 11.6. The number of primary amides is 1. The van der Waals surface area contributed by atoms with Gasteiger partial charge in [-0.05, 0) is 30.2 Å². The molecule has 0 bridgehead atoms. The third-order valence-corrected chi connectivity index (χ3v) is 3.41. The van der Waals surface area contributed by atoms with Gasteiger partial charge in [-0.25, -0.2) is 0 Å². The average molecular weight is 324 g/mol. The second kappa shape index (κ2) is 8.53. The Morgan fingerprint density at radius 1 is 1.17 bits per heavy atom. The highest BCUT2D eigenvalue weighted by atomic mass is 16.5. The van der Waals surface area contributed by atoms with Gasteiger partial charge in [-0.15, -0.1) is 0 Å². The Morgan fingerprint density at radius 3 is 2.58 bits per heavy atom. The van der Waals surface area contributed by atoms with Crippen molar-refractivity contribution in [2.45, 2.75) is 12.8 Å². The molecule has 2 rings (SSSR count). The number of hydrogen-bond acceptors (Lipinski definition) is 3. The van der Waals surface area contributed by atoms with Crippen LogP contribution in [-0.2, 0) is 4.79 Å². The number of nitrogens with two attached hydrogens (primary N) is 1. The van der Waals surface area contributed by atoms with Crippen LogP contribution < -0.4 is 15.8 Å². The first kappa shape index (κ1) is 17.3. The van der Waals surface area contributed by atoms with Crippen LogP contribution in [0.3, 0.4) is 0 Å². The van der Waals surface area contributed by atoms with Gasteiger partial charge in [0, 0.05) is 12.0 Å². The Hall–Kier alpha value is -3.08. The molecule has 2 amide bonds. The van der Waals surface area contributed by atoms with Crippen molar-refractivity contribution in [2.24, 2.45) is 5.73 Å². The second-order valence-corrected chi connectivity index (χ2v) is 5.18. The van der Waals surface area contributed by atoms with E-state index in [0.717, 1.165) is 5.56 Å². The molecule has 0 radical (unpaired) electrons. The molecule has 0 saturated heterocycles. The lowest BCUT2D eigenvalue weighted by atomic mass is 10.1. The molecule has 0 aliphatic heterocycles. The minimum Gasteiger partial charge on any atom is -0.495 e. The monoisotopic (exact) mass is 324 g/mol. The zero-order valence-electron chi connectivity index (χ0n) is 13.5. The van der Waals surface area contributed by atoms with Crippen molar-refractivity contribution in [1.82, 2.24) is 0 Å². The van der Waals surface area contributed by atoms with E-state index in [1.54, 1.807) is 12.1 Å². The Labute approximate surface area is 141 Å². The van der Waals surface area contributed by atoms with Crippen molar-refractivity contribution in [2.75, 3.05) is 12.4 Å². The Kier molecular flexibility index (Phi) is 6.14. The van der Waals surface area contributed by atoms with Crippen LogP contribution in [0.1, 0.15) is 28.8 Å². The summed E-state index contributed by atoms with van der Waals surface area (Å²) in [7, 11) is 1.50. The van der Waals surface area contributed by atoms with Crippen LogP contribution in [0.5, 0.6) is 5.75 Å². The van der Waals surface area contributed by atoms with Gasteiger partial charge in [0.05, 0.1) is 12.8 Å². The normalized spacial score (nSPS) is 10.5. The molecule has 5 nitrogen and oxygen atoms in total. The van der Waals surface area contributed by atoms with Gasteiger partial charge >= 0.3 is 0 Å². The van der Waals surface area contributed by atoms with Crippen LogP contribution in [-0.4, -0.2) is 18.9 Å². The van der Waals surface area contributed by atoms with Crippen LogP contribution in [0, 0.1) is 0 Å². The molecule has 0 aliphatic carbocycles. The number of rotatable bonds is 7. The number of amides is 2. The van der Waals surface area contributed by atoms with Gasteiger partial charge in [-0.3, -0.25) is 9.59 Å². The van der Waals surface area contributed by atoms with Gasteiger partial charge in [-0.1, -0.05) is 42.5 Å². The summed E-state index contributed by atoms with van der Waals surface area (Å²) in [4.78, 5) is 23.3. The van der Waals surface area contributed by atoms with E-state index >= 15 is 0 Å². The largest absolute Gasteiger partial charge is 0.495 e. The zero-order chi connectivity index (χ0) is 17.4. The zero-order valence-corrected chi connectivity index (χ0v) is 13.5. The summed E-state index contributed by atoms with van der Waals surface area (Å²) in [5.41, 5.74) is 7.10. The Balaban J connectivity index is 1.93. The highest BCUT2D eigenvalue weighted by molar-refractivity contribution is 5.97. The van der Waals surface area contributed by atoms with Crippen LogP contribution in [0.25, 0.3) is 6.08 Å². The molecule has 24 heavy (non-hydrogen) atoms. The minimum atomic E-state index is -0.557. The van der Waals surface area contributed by atoms with Gasteiger partial charge in [-0.2, -0.15) is 0 Å². The van der Waals surface area contributed by atoms with E-state index in [2.05, 4.69) is 5.32 Å². The third-order valence-electron chi connectivity index (χ3n) is 3.41. The Bertz CT molecular complexity index is 740. The number of nitrogens with one attached hydrogen (secondary N) is 1. The van der Waals surface area contributed by atoms with Crippen LogP contribution in [0.15, 0.2) is 54.6 Å². The number of methoxy groups -OCH3 is 1. The predicted octanol–water partition coefficient (Wildman–Crippen LogP) is 3.23. The number of benzene rings is 2. The molecule has 0 spiro atoms. The van der Waals surface area contributed by atoms with E-state index in [0.29, 0.717) is 29.8 Å². The highest BCUT2D eigenvalue weighted by Gasteiger charge is 2.10. The summed E-state index contributed by atoms with van der Waals surface area (Å²) in [5, 5.41) is 2.75. The molecular weight excluding hydrogens is 304 g/mol. The van der Waals surface area contributed by atoms with E-state index in [9.17, 15) is 9.59 Å². The fraction of sp³-hybridized carbons (Fsp3) is 0.158. The maximum Gasteiger partial charge on any atom is 0.248 e. The second-order valence-electron chi connectivity index (χ2n) is 5.18. The standard InChI is InChI=1S/C19H20N2O3/c1-24-17-12-11-15(19(20)23)13-16(17)21-18(22)10-6-5-9-14-7-3-2-4-8-14/h2-5,7-9,11-13H,6,10H2,1H3,(H2,20,23)(H,21,22)/b9-5+. The molecule has 0 heterocycles. The minimum absolute atomic E-state index is 0.160. The topological polar surface area (TPSA) is 81.4 Å². The molecule has 3 N–H and O–H groups in total. The number of hydrogen-bond donors (Lipinski definition) is 2. The lowest BCUT2D eigenvalue weighted by Crippen LogP contribution is -2.14. The first-order valence-electron chi connectivity index (χ1n) is 7.59. The van der Waals surface area contributed by atoms with Crippen molar-refractivity contribution in [3.05, 3.63) is 65.7 Å². The van der Waals surface area contributed by atoms with E-state index in [-0.39, 0.29) is 5.91 Å². The van der Waals surface area contributed by atoms with Crippen molar-refractivity contribution >= 4 is 23.6 Å². The first-order valence-corrected chi connectivity index (χ1v) is 7.59. The summed E-state index contributed by atoms with van der Waals surface area (Å²) in [5.74, 6) is -0.236. The van der Waals surface area contributed by atoms with Gasteiger partial charge in [0.2, 0.25) is 11.8 Å². The highest BCUT2D eigenvalue weighted by Crippen LogP contribution is 2.25. The summed E-state index contributed by atoms with van der Waals surface area (Å²) in [6.07, 6.45) is 4.86. The quantitative estimate of drug-likeness (QED) is 0.820. The molecule has 2 aromatic rings. The van der Waals surface area contributed by atoms with Crippen LogP contribution >= 0.6 is 0 Å².